The Bertz CT molecular complexity index is 1260. The lowest BCUT2D eigenvalue weighted by Crippen LogP contribution is -2.47. The second kappa shape index (κ2) is 16.4. The van der Waals surface area contributed by atoms with Gasteiger partial charge >= 0.3 is 12.2 Å². The minimum absolute atomic E-state index is 0.0734. The minimum atomic E-state index is -0.741. The number of aryl methyl sites for hydroxylation is 1. The molecule has 2 aromatic rings. The Hall–Kier alpha value is -3.88. The highest BCUT2D eigenvalue weighted by atomic mass is 16.6. The van der Waals surface area contributed by atoms with Gasteiger partial charge in [-0.05, 0) is 103 Å². The highest BCUT2D eigenvalue weighted by Gasteiger charge is 2.28. The first kappa shape index (κ1) is 35.6. The summed E-state index contributed by atoms with van der Waals surface area (Å²) in [6, 6.07) is 18.8. The average molecular weight is 621 g/mol. The van der Waals surface area contributed by atoms with Gasteiger partial charge in [0.15, 0.2) is 0 Å². The Balaban J connectivity index is 1.66. The third-order valence-corrected chi connectivity index (χ3v) is 7.57. The van der Waals surface area contributed by atoms with E-state index in [1.165, 1.54) is 12.0 Å². The van der Waals surface area contributed by atoms with Crippen LogP contribution in [0.25, 0.3) is 0 Å². The van der Waals surface area contributed by atoms with E-state index in [-0.39, 0.29) is 24.5 Å². The van der Waals surface area contributed by atoms with E-state index < -0.39 is 23.4 Å². The summed E-state index contributed by atoms with van der Waals surface area (Å²) in [6.45, 7) is 13.1. The topological polar surface area (TPSA) is 109 Å². The number of carbonyl (C=O) groups is 3. The molecule has 1 aliphatic rings. The van der Waals surface area contributed by atoms with Crippen LogP contribution in [0.3, 0.4) is 0 Å². The highest BCUT2D eigenvalue weighted by Crippen LogP contribution is 2.32. The lowest BCUT2D eigenvalue weighted by molar-refractivity contribution is -0.134. The number of ether oxygens (including phenoxy) is 2. The van der Waals surface area contributed by atoms with E-state index in [1.54, 1.807) is 41.5 Å². The highest BCUT2D eigenvalue weighted by molar-refractivity contribution is 6.01. The molecule has 1 aliphatic carbocycles. The number of guanidine groups is 1. The van der Waals surface area contributed by atoms with Gasteiger partial charge in [0, 0.05) is 19.0 Å². The summed E-state index contributed by atoms with van der Waals surface area (Å²) in [6.07, 6.45) is 5.59. The maximum absolute atomic E-state index is 13.1. The number of hydrogen-bond donors (Lipinski definition) is 2. The second-order valence-electron chi connectivity index (χ2n) is 13.8. The minimum Gasteiger partial charge on any atom is -0.444 e. The van der Waals surface area contributed by atoms with E-state index in [0.717, 1.165) is 43.2 Å². The SMILES string of the molecule is CCC(=O)N(Cc1cccc(CN=C(NC(=O)OC(C)(C)C)NC(=O)OC(C)(C)C)c1)C1CCC(CCc2ccccc2)CC1. The number of rotatable bonds is 9. The largest absolute Gasteiger partial charge is 0.444 e. The molecule has 2 aromatic carbocycles. The molecule has 0 spiro atoms. The molecule has 3 amide bonds. The van der Waals surface area contributed by atoms with Crippen molar-refractivity contribution in [1.82, 2.24) is 15.5 Å². The van der Waals surface area contributed by atoms with Gasteiger partial charge in [-0.3, -0.25) is 15.4 Å². The summed E-state index contributed by atoms with van der Waals surface area (Å²) in [7, 11) is 0. The molecule has 0 atom stereocenters. The van der Waals surface area contributed by atoms with Gasteiger partial charge in [-0.1, -0.05) is 61.5 Å². The molecule has 1 fully saturated rings. The molecule has 3 rings (SSSR count). The van der Waals surface area contributed by atoms with Gasteiger partial charge in [-0.2, -0.15) is 0 Å². The second-order valence-corrected chi connectivity index (χ2v) is 13.8. The zero-order valence-electron chi connectivity index (χ0n) is 28.2. The molecule has 0 heterocycles. The fourth-order valence-electron chi connectivity index (χ4n) is 5.49. The molecule has 9 heteroatoms. The van der Waals surface area contributed by atoms with Crippen molar-refractivity contribution in [1.29, 1.82) is 0 Å². The van der Waals surface area contributed by atoms with Crippen LogP contribution in [0, 0.1) is 5.92 Å². The predicted molar refractivity (Wildman–Crippen MR) is 178 cm³/mol. The number of alkyl carbamates (subject to hydrolysis) is 2. The molecule has 0 aliphatic heterocycles. The summed E-state index contributed by atoms with van der Waals surface area (Å²) in [4.78, 5) is 44.5. The van der Waals surface area contributed by atoms with Crippen LogP contribution in [0.5, 0.6) is 0 Å². The summed E-state index contributed by atoms with van der Waals surface area (Å²) in [5.74, 6) is 0.784. The Morgan fingerprint density at radius 1 is 0.800 bits per heavy atom. The van der Waals surface area contributed by atoms with Gasteiger partial charge in [-0.15, -0.1) is 0 Å². The number of aliphatic imine (C=N–C) groups is 1. The van der Waals surface area contributed by atoms with Crippen LogP contribution in [0.4, 0.5) is 9.59 Å². The standard InChI is InChI=1S/C36H52N4O5/c1-8-31(41)40(30-21-19-27(20-22-30)18-17-26-13-10-9-11-14-26)25-29-16-12-15-28(23-29)24-37-32(38-33(42)44-35(2,3)4)39-34(43)45-36(5,6)7/h9-16,23,27,30H,8,17-22,24-25H2,1-7H3,(H2,37,38,39,42,43). The van der Waals surface area contributed by atoms with Crippen LogP contribution in [0.2, 0.25) is 0 Å². The summed E-state index contributed by atoms with van der Waals surface area (Å²) in [5, 5.41) is 5.04. The van der Waals surface area contributed by atoms with E-state index in [0.29, 0.717) is 18.9 Å². The number of carbonyl (C=O) groups excluding carboxylic acids is 3. The van der Waals surface area contributed by atoms with Crippen molar-refractivity contribution in [2.75, 3.05) is 0 Å². The maximum atomic E-state index is 13.1. The molecular weight excluding hydrogens is 568 g/mol. The fourth-order valence-corrected chi connectivity index (χ4v) is 5.49. The predicted octanol–water partition coefficient (Wildman–Crippen LogP) is 7.52. The van der Waals surface area contributed by atoms with Crippen molar-refractivity contribution >= 4 is 24.1 Å². The first-order chi connectivity index (χ1) is 21.2. The van der Waals surface area contributed by atoms with Gasteiger partial charge < -0.3 is 14.4 Å². The summed E-state index contributed by atoms with van der Waals surface area (Å²) >= 11 is 0. The van der Waals surface area contributed by atoms with E-state index in [1.807, 2.05) is 31.2 Å². The molecule has 1 saturated carbocycles. The zero-order valence-corrected chi connectivity index (χ0v) is 28.2. The van der Waals surface area contributed by atoms with Crippen LogP contribution < -0.4 is 10.6 Å². The van der Waals surface area contributed by atoms with E-state index >= 15 is 0 Å². The molecule has 0 radical (unpaired) electrons. The molecular formula is C36H52N4O5. The zero-order chi connectivity index (χ0) is 33.0. The van der Waals surface area contributed by atoms with Crippen molar-refractivity contribution in [3.63, 3.8) is 0 Å². The fraction of sp³-hybridized carbons (Fsp3) is 0.556. The number of hydrogen-bond acceptors (Lipinski definition) is 6. The molecule has 0 bridgehead atoms. The Kier molecular flexibility index (Phi) is 13.0. The number of amides is 3. The van der Waals surface area contributed by atoms with Gasteiger partial charge in [0.05, 0.1) is 6.54 Å². The van der Waals surface area contributed by atoms with Gasteiger partial charge in [0.2, 0.25) is 11.9 Å². The number of nitrogens with one attached hydrogen (secondary N) is 2. The number of benzene rings is 2. The van der Waals surface area contributed by atoms with Crippen LogP contribution in [-0.4, -0.2) is 46.2 Å². The third-order valence-electron chi connectivity index (χ3n) is 7.57. The van der Waals surface area contributed by atoms with Gasteiger partial charge in [-0.25, -0.2) is 14.6 Å². The van der Waals surface area contributed by atoms with Crippen molar-refractivity contribution in [3.8, 4) is 0 Å². The molecule has 0 unspecified atom stereocenters. The molecule has 45 heavy (non-hydrogen) atoms. The lowest BCUT2D eigenvalue weighted by Gasteiger charge is -2.37. The Morgan fingerprint density at radius 3 is 1.91 bits per heavy atom. The monoisotopic (exact) mass is 620 g/mol. The van der Waals surface area contributed by atoms with Crippen LogP contribution >= 0.6 is 0 Å². The lowest BCUT2D eigenvalue weighted by atomic mass is 9.82. The van der Waals surface area contributed by atoms with Crippen molar-refractivity contribution in [2.24, 2.45) is 10.9 Å². The third kappa shape index (κ3) is 13.3. The molecule has 9 nitrogen and oxygen atoms in total. The molecule has 2 N–H and O–H groups in total. The maximum Gasteiger partial charge on any atom is 0.414 e. The van der Waals surface area contributed by atoms with Crippen molar-refractivity contribution in [2.45, 2.75) is 124 Å². The van der Waals surface area contributed by atoms with E-state index in [4.69, 9.17) is 9.47 Å². The summed E-state index contributed by atoms with van der Waals surface area (Å²) in [5.41, 5.74) is 1.82. The molecule has 0 saturated heterocycles. The average Bonchev–Trinajstić information content (AvgIpc) is 2.96. The first-order valence-corrected chi connectivity index (χ1v) is 16.2. The molecule has 246 valence electrons. The summed E-state index contributed by atoms with van der Waals surface area (Å²) < 4.78 is 10.7. The van der Waals surface area contributed by atoms with Gasteiger partial charge in [0.1, 0.15) is 11.2 Å². The Morgan fingerprint density at radius 2 is 1.36 bits per heavy atom. The quantitative estimate of drug-likeness (QED) is 0.223. The van der Waals surface area contributed by atoms with Crippen LogP contribution in [0.15, 0.2) is 59.6 Å². The first-order valence-electron chi connectivity index (χ1n) is 16.2. The van der Waals surface area contributed by atoms with Crippen LogP contribution in [-0.2, 0) is 33.8 Å². The smallest absolute Gasteiger partial charge is 0.414 e. The van der Waals surface area contributed by atoms with E-state index in [9.17, 15) is 14.4 Å². The molecule has 0 aromatic heterocycles. The van der Waals surface area contributed by atoms with Crippen LogP contribution in [0.1, 0.15) is 104 Å². The Labute approximate surface area is 269 Å². The van der Waals surface area contributed by atoms with Crippen molar-refractivity contribution < 1.29 is 23.9 Å². The van der Waals surface area contributed by atoms with Gasteiger partial charge in [0.25, 0.3) is 0 Å². The number of nitrogens with zero attached hydrogens (tertiary/aromatic N) is 2. The van der Waals surface area contributed by atoms with Crippen molar-refractivity contribution in [3.05, 3.63) is 71.3 Å². The normalized spacial score (nSPS) is 16.7. The van der Waals surface area contributed by atoms with E-state index in [2.05, 4.69) is 50.9 Å².